The van der Waals surface area contributed by atoms with Crippen LogP contribution in [0.25, 0.3) is 0 Å². The highest BCUT2D eigenvalue weighted by Crippen LogP contribution is 2.08. The van der Waals surface area contributed by atoms with Gasteiger partial charge in [-0.25, -0.2) is 0 Å². The lowest BCUT2D eigenvalue weighted by molar-refractivity contribution is 0.108. The van der Waals surface area contributed by atoms with E-state index in [0.29, 0.717) is 5.92 Å². The second-order valence-corrected chi connectivity index (χ2v) is 5.50. The van der Waals surface area contributed by atoms with Gasteiger partial charge in [-0.2, -0.15) is 0 Å². The van der Waals surface area contributed by atoms with Crippen molar-refractivity contribution in [3.05, 3.63) is 34.9 Å². The van der Waals surface area contributed by atoms with Crippen LogP contribution in [0.15, 0.2) is 18.2 Å². The quantitative estimate of drug-likeness (QED) is 0.712. The Hall–Kier alpha value is -0.860. The Morgan fingerprint density at radius 2 is 1.78 bits per heavy atom. The minimum atomic E-state index is 0.633. The lowest BCUT2D eigenvalue weighted by Gasteiger charge is -2.08. The molecule has 0 saturated heterocycles. The van der Waals surface area contributed by atoms with Crippen LogP contribution in [0.2, 0.25) is 0 Å². The Balaban J connectivity index is 2.10. The molecule has 2 heteroatoms. The van der Waals surface area contributed by atoms with E-state index < -0.39 is 0 Å². The number of benzene rings is 1. The summed E-state index contributed by atoms with van der Waals surface area (Å²) in [6.07, 6.45) is 1.08. The SMILES string of the molecule is Cc1cc(C)cc(CNCCCOCC(C)C)c1. The van der Waals surface area contributed by atoms with Crippen LogP contribution in [0.3, 0.4) is 0 Å². The van der Waals surface area contributed by atoms with Gasteiger partial charge in [-0.1, -0.05) is 43.2 Å². The van der Waals surface area contributed by atoms with Crippen molar-refractivity contribution in [2.24, 2.45) is 5.92 Å². The van der Waals surface area contributed by atoms with Crippen LogP contribution in [-0.4, -0.2) is 19.8 Å². The third-order valence-electron chi connectivity index (χ3n) is 2.70. The summed E-state index contributed by atoms with van der Waals surface area (Å²) in [5.74, 6) is 0.633. The van der Waals surface area contributed by atoms with Crippen molar-refractivity contribution in [2.75, 3.05) is 19.8 Å². The van der Waals surface area contributed by atoms with Gasteiger partial charge in [0.1, 0.15) is 0 Å². The third-order valence-corrected chi connectivity index (χ3v) is 2.70. The molecule has 0 aliphatic rings. The second kappa shape index (κ2) is 8.28. The molecule has 0 radical (unpaired) electrons. The van der Waals surface area contributed by atoms with E-state index in [1.165, 1.54) is 16.7 Å². The van der Waals surface area contributed by atoms with Gasteiger partial charge in [-0.15, -0.1) is 0 Å². The van der Waals surface area contributed by atoms with Gasteiger partial charge in [0.2, 0.25) is 0 Å². The van der Waals surface area contributed by atoms with Crippen molar-refractivity contribution in [2.45, 2.75) is 40.7 Å². The zero-order valence-electron chi connectivity index (χ0n) is 12.3. The fraction of sp³-hybridized carbons (Fsp3) is 0.625. The number of ether oxygens (including phenoxy) is 1. The average molecular weight is 249 g/mol. The Bertz CT molecular complexity index is 327. The van der Waals surface area contributed by atoms with E-state index in [2.05, 4.69) is 51.2 Å². The number of hydrogen-bond donors (Lipinski definition) is 1. The van der Waals surface area contributed by atoms with Crippen LogP contribution in [0.1, 0.15) is 37.0 Å². The molecule has 0 aliphatic heterocycles. The molecular weight excluding hydrogens is 222 g/mol. The molecule has 1 aromatic carbocycles. The first-order valence-corrected chi connectivity index (χ1v) is 6.93. The van der Waals surface area contributed by atoms with E-state index in [-0.39, 0.29) is 0 Å². The van der Waals surface area contributed by atoms with E-state index in [4.69, 9.17) is 4.74 Å². The molecular formula is C16H27NO. The molecule has 0 aliphatic carbocycles. The second-order valence-electron chi connectivity index (χ2n) is 5.50. The van der Waals surface area contributed by atoms with Crippen molar-refractivity contribution in [1.29, 1.82) is 0 Å². The molecule has 0 aromatic heterocycles. The summed E-state index contributed by atoms with van der Waals surface area (Å²) >= 11 is 0. The van der Waals surface area contributed by atoms with E-state index in [9.17, 15) is 0 Å². The summed E-state index contributed by atoms with van der Waals surface area (Å²) in [6, 6.07) is 6.70. The fourth-order valence-electron chi connectivity index (χ4n) is 2.02. The van der Waals surface area contributed by atoms with Gasteiger partial charge in [-0.3, -0.25) is 0 Å². The fourth-order valence-corrected chi connectivity index (χ4v) is 2.02. The highest BCUT2D eigenvalue weighted by molar-refractivity contribution is 5.28. The van der Waals surface area contributed by atoms with Crippen LogP contribution >= 0.6 is 0 Å². The lowest BCUT2D eigenvalue weighted by Crippen LogP contribution is -2.17. The van der Waals surface area contributed by atoms with Crippen molar-refractivity contribution in [3.8, 4) is 0 Å². The van der Waals surface area contributed by atoms with Crippen LogP contribution in [-0.2, 0) is 11.3 Å². The normalized spacial score (nSPS) is 11.2. The molecule has 1 rings (SSSR count). The zero-order valence-corrected chi connectivity index (χ0v) is 12.3. The number of rotatable bonds is 8. The number of aryl methyl sites for hydroxylation is 2. The van der Waals surface area contributed by atoms with Gasteiger partial charge in [0.15, 0.2) is 0 Å². The summed E-state index contributed by atoms with van der Waals surface area (Å²) in [4.78, 5) is 0. The Kier molecular flexibility index (Phi) is 6.99. The number of nitrogens with one attached hydrogen (secondary N) is 1. The minimum Gasteiger partial charge on any atom is -0.381 e. The molecule has 2 nitrogen and oxygen atoms in total. The van der Waals surface area contributed by atoms with Gasteiger partial charge in [0, 0.05) is 19.8 Å². The summed E-state index contributed by atoms with van der Waals surface area (Å²) in [5, 5.41) is 3.46. The number of hydrogen-bond acceptors (Lipinski definition) is 2. The molecule has 1 N–H and O–H groups in total. The van der Waals surface area contributed by atoms with E-state index >= 15 is 0 Å². The Labute approximate surface area is 112 Å². The predicted octanol–water partition coefficient (Wildman–Crippen LogP) is 3.46. The Morgan fingerprint density at radius 1 is 1.11 bits per heavy atom. The first-order valence-electron chi connectivity index (χ1n) is 6.93. The van der Waals surface area contributed by atoms with Crippen molar-refractivity contribution < 1.29 is 4.74 Å². The van der Waals surface area contributed by atoms with Gasteiger partial charge < -0.3 is 10.1 Å². The molecule has 0 unspecified atom stereocenters. The van der Waals surface area contributed by atoms with Crippen LogP contribution in [0.4, 0.5) is 0 Å². The molecule has 18 heavy (non-hydrogen) atoms. The molecule has 1 aromatic rings. The Morgan fingerprint density at radius 3 is 2.39 bits per heavy atom. The topological polar surface area (TPSA) is 21.3 Å². The smallest absolute Gasteiger partial charge is 0.0489 e. The predicted molar refractivity (Wildman–Crippen MR) is 77.9 cm³/mol. The molecule has 0 heterocycles. The average Bonchev–Trinajstić information content (AvgIpc) is 2.26. The van der Waals surface area contributed by atoms with E-state index in [1.54, 1.807) is 0 Å². The molecule has 102 valence electrons. The first kappa shape index (κ1) is 15.2. The summed E-state index contributed by atoms with van der Waals surface area (Å²) in [5.41, 5.74) is 4.05. The monoisotopic (exact) mass is 249 g/mol. The maximum absolute atomic E-state index is 5.55. The van der Waals surface area contributed by atoms with Crippen LogP contribution < -0.4 is 5.32 Å². The maximum Gasteiger partial charge on any atom is 0.0489 e. The molecule has 0 saturated carbocycles. The summed E-state index contributed by atoms with van der Waals surface area (Å²) < 4.78 is 5.55. The van der Waals surface area contributed by atoms with Gasteiger partial charge in [-0.05, 0) is 38.3 Å². The van der Waals surface area contributed by atoms with E-state index in [1.807, 2.05) is 0 Å². The summed E-state index contributed by atoms with van der Waals surface area (Å²) in [6.45, 7) is 12.4. The van der Waals surface area contributed by atoms with Crippen LogP contribution in [0.5, 0.6) is 0 Å². The van der Waals surface area contributed by atoms with Crippen molar-refractivity contribution in [1.82, 2.24) is 5.32 Å². The molecule has 0 spiro atoms. The maximum atomic E-state index is 5.55. The first-order chi connectivity index (χ1) is 8.58. The largest absolute Gasteiger partial charge is 0.381 e. The zero-order chi connectivity index (χ0) is 13.4. The van der Waals surface area contributed by atoms with Crippen LogP contribution in [0, 0.1) is 19.8 Å². The highest BCUT2D eigenvalue weighted by atomic mass is 16.5. The standard InChI is InChI=1S/C16H27NO/c1-13(2)12-18-7-5-6-17-11-16-9-14(3)8-15(4)10-16/h8-10,13,17H,5-7,11-12H2,1-4H3. The van der Waals surface area contributed by atoms with Gasteiger partial charge >= 0.3 is 0 Å². The molecule has 0 fully saturated rings. The minimum absolute atomic E-state index is 0.633. The van der Waals surface area contributed by atoms with Gasteiger partial charge in [0.05, 0.1) is 0 Å². The molecule has 0 amide bonds. The van der Waals surface area contributed by atoms with E-state index in [0.717, 1.165) is 32.7 Å². The van der Waals surface area contributed by atoms with Crippen molar-refractivity contribution >= 4 is 0 Å². The summed E-state index contributed by atoms with van der Waals surface area (Å²) in [7, 11) is 0. The van der Waals surface area contributed by atoms with Gasteiger partial charge in [0.25, 0.3) is 0 Å². The molecule has 0 bridgehead atoms. The molecule has 0 atom stereocenters. The lowest BCUT2D eigenvalue weighted by atomic mass is 10.1. The van der Waals surface area contributed by atoms with Crippen molar-refractivity contribution in [3.63, 3.8) is 0 Å². The third kappa shape index (κ3) is 6.77. The highest BCUT2D eigenvalue weighted by Gasteiger charge is 1.97.